The van der Waals surface area contributed by atoms with E-state index in [-0.39, 0.29) is 6.54 Å². The molecule has 0 spiro atoms. The molecule has 1 fully saturated rings. The topological polar surface area (TPSA) is 49.8 Å². The van der Waals surface area contributed by atoms with E-state index in [0.717, 1.165) is 0 Å². The number of ether oxygens (including phenoxy) is 1. The van der Waals surface area contributed by atoms with E-state index in [1.165, 1.54) is 4.90 Å². The van der Waals surface area contributed by atoms with E-state index < -0.39 is 24.0 Å². The SMILES string of the molecule is CC(C)(C)OC(=O)N1CCC[C@H](O)[C@H](F)C1. The zero-order chi connectivity index (χ0) is 12.3. The third kappa shape index (κ3) is 3.96. The zero-order valence-corrected chi connectivity index (χ0v) is 10.1. The highest BCUT2D eigenvalue weighted by atomic mass is 19.1. The van der Waals surface area contributed by atoms with Gasteiger partial charge in [0.25, 0.3) is 0 Å². The van der Waals surface area contributed by atoms with Gasteiger partial charge in [-0.05, 0) is 33.6 Å². The molecule has 2 atom stereocenters. The second-order valence-corrected chi connectivity index (χ2v) is 5.15. The number of rotatable bonds is 0. The third-order valence-electron chi connectivity index (χ3n) is 2.39. The van der Waals surface area contributed by atoms with Gasteiger partial charge in [-0.15, -0.1) is 0 Å². The summed E-state index contributed by atoms with van der Waals surface area (Å²) >= 11 is 0. The fraction of sp³-hybridized carbons (Fsp3) is 0.909. The number of aliphatic hydroxyl groups is 1. The lowest BCUT2D eigenvalue weighted by atomic mass is 10.1. The Bertz CT molecular complexity index is 252. The van der Waals surface area contributed by atoms with Crippen molar-refractivity contribution < 1.29 is 19.0 Å². The van der Waals surface area contributed by atoms with Crippen LogP contribution in [0.3, 0.4) is 0 Å². The highest BCUT2D eigenvalue weighted by Gasteiger charge is 2.30. The van der Waals surface area contributed by atoms with Gasteiger partial charge in [0, 0.05) is 6.54 Å². The maximum Gasteiger partial charge on any atom is 0.410 e. The first-order chi connectivity index (χ1) is 7.29. The van der Waals surface area contributed by atoms with E-state index in [9.17, 15) is 14.3 Å². The molecule has 1 aliphatic rings. The van der Waals surface area contributed by atoms with Gasteiger partial charge in [0.2, 0.25) is 0 Å². The maximum absolute atomic E-state index is 13.4. The second kappa shape index (κ2) is 4.99. The van der Waals surface area contributed by atoms with Crippen molar-refractivity contribution in [3.05, 3.63) is 0 Å². The Labute approximate surface area is 95.4 Å². The lowest BCUT2D eigenvalue weighted by Gasteiger charge is -2.27. The van der Waals surface area contributed by atoms with Crippen LogP contribution in [-0.2, 0) is 4.74 Å². The molecular formula is C11H20FNO3. The summed E-state index contributed by atoms with van der Waals surface area (Å²) < 4.78 is 18.5. The van der Waals surface area contributed by atoms with Crippen molar-refractivity contribution in [1.29, 1.82) is 0 Å². The number of carbonyl (C=O) groups excluding carboxylic acids is 1. The molecule has 0 radical (unpaired) electrons. The normalized spacial score (nSPS) is 27.4. The standard InChI is InChI=1S/C11H20FNO3/c1-11(2,3)16-10(15)13-6-4-5-9(14)8(12)7-13/h8-9,14H,4-7H2,1-3H3/t8-,9+/m1/s1. The van der Waals surface area contributed by atoms with Gasteiger partial charge in [-0.3, -0.25) is 0 Å². The molecule has 5 heteroatoms. The van der Waals surface area contributed by atoms with Crippen LogP contribution in [-0.4, -0.2) is 47.1 Å². The number of hydrogen-bond acceptors (Lipinski definition) is 3. The molecule has 1 heterocycles. The van der Waals surface area contributed by atoms with E-state index in [1.54, 1.807) is 20.8 Å². The molecule has 0 bridgehead atoms. The van der Waals surface area contributed by atoms with Gasteiger partial charge >= 0.3 is 6.09 Å². The average Bonchev–Trinajstić information content (AvgIpc) is 2.27. The monoisotopic (exact) mass is 233 g/mol. The molecule has 0 unspecified atom stereocenters. The Morgan fingerprint density at radius 1 is 1.50 bits per heavy atom. The van der Waals surface area contributed by atoms with E-state index in [4.69, 9.17) is 4.74 Å². The highest BCUT2D eigenvalue weighted by Crippen LogP contribution is 2.17. The Hall–Kier alpha value is -0.840. The lowest BCUT2D eigenvalue weighted by molar-refractivity contribution is 0.0161. The molecule has 1 aliphatic heterocycles. The van der Waals surface area contributed by atoms with Crippen molar-refractivity contribution >= 4 is 6.09 Å². The molecule has 0 aliphatic carbocycles. The number of halogens is 1. The zero-order valence-electron chi connectivity index (χ0n) is 10.1. The minimum atomic E-state index is -1.38. The van der Waals surface area contributed by atoms with Gasteiger partial charge in [0.15, 0.2) is 0 Å². The largest absolute Gasteiger partial charge is 0.444 e. The molecule has 16 heavy (non-hydrogen) atoms. The van der Waals surface area contributed by atoms with Crippen LogP contribution in [0, 0.1) is 0 Å². The third-order valence-corrected chi connectivity index (χ3v) is 2.39. The molecule has 1 rings (SSSR count). The molecule has 4 nitrogen and oxygen atoms in total. The minimum Gasteiger partial charge on any atom is -0.444 e. The molecule has 0 aromatic heterocycles. The average molecular weight is 233 g/mol. The summed E-state index contributed by atoms with van der Waals surface area (Å²) in [6, 6.07) is 0. The molecule has 0 saturated carbocycles. The summed E-state index contributed by atoms with van der Waals surface area (Å²) in [5, 5.41) is 9.34. The smallest absolute Gasteiger partial charge is 0.410 e. The summed E-state index contributed by atoms with van der Waals surface area (Å²) in [6.45, 7) is 5.65. The summed E-state index contributed by atoms with van der Waals surface area (Å²) in [5.41, 5.74) is -0.576. The van der Waals surface area contributed by atoms with Crippen LogP contribution in [0.25, 0.3) is 0 Å². The van der Waals surface area contributed by atoms with Crippen molar-refractivity contribution in [3.63, 3.8) is 0 Å². The number of likely N-dealkylation sites (tertiary alicyclic amines) is 1. The van der Waals surface area contributed by atoms with Crippen LogP contribution in [0.4, 0.5) is 9.18 Å². The van der Waals surface area contributed by atoms with Crippen LogP contribution < -0.4 is 0 Å². The number of carbonyl (C=O) groups is 1. The summed E-state index contributed by atoms with van der Waals surface area (Å²) in [4.78, 5) is 13.0. The van der Waals surface area contributed by atoms with Crippen LogP contribution in [0.1, 0.15) is 33.6 Å². The fourth-order valence-corrected chi connectivity index (χ4v) is 1.59. The number of amides is 1. The molecule has 1 amide bonds. The first-order valence-electron chi connectivity index (χ1n) is 5.59. The van der Waals surface area contributed by atoms with Crippen LogP contribution in [0.5, 0.6) is 0 Å². The van der Waals surface area contributed by atoms with Gasteiger partial charge < -0.3 is 14.7 Å². The minimum absolute atomic E-state index is 0.0872. The Kier molecular flexibility index (Phi) is 4.13. The van der Waals surface area contributed by atoms with Gasteiger partial charge in [-0.1, -0.05) is 0 Å². The van der Waals surface area contributed by atoms with Crippen molar-refractivity contribution in [2.24, 2.45) is 0 Å². The second-order valence-electron chi connectivity index (χ2n) is 5.15. The Balaban J connectivity index is 2.56. The molecule has 1 saturated heterocycles. The predicted octanol–water partition coefficient (Wildman–Crippen LogP) is 1.72. The summed E-state index contributed by atoms with van der Waals surface area (Å²) in [7, 11) is 0. The fourth-order valence-electron chi connectivity index (χ4n) is 1.59. The molecule has 0 aromatic carbocycles. The predicted molar refractivity (Wildman–Crippen MR) is 57.9 cm³/mol. The van der Waals surface area contributed by atoms with Crippen LogP contribution in [0.15, 0.2) is 0 Å². The van der Waals surface area contributed by atoms with E-state index in [2.05, 4.69) is 0 Å². The van der Waals surface area contributed by atoms with Crippen molar-refractivity contribution in [1.82, 2.24) is 4.90 Å². The van der Waals surface area contributed by atoms with Crippen LogP contribution >= 0.6 is 0 Å². The summed E-state index contributed by atoms with van der Waals surface area (Å²) in [6.07, 6.45) is -1.87. The van der Waals surface area contributed by atoms with Gasteiger partial charge in [0.1, 0.15) is 11.8 Å². The number of alkyl halides is 1. The first-order valence-corrected chi connectivity index (χ1v) is 5.59. The summed E-state index contributed by atoms with van der Waals surface area (Å²) in [5.74, 6) is 0. The molecule has 94 valence electrons. The number of hydrogen-bond donors (Lipinski definition) is 1. The molecule has 1 N–H and O–H groups in total. The first kappa shape index (κ1) is 13.2. The van der Waals surface area contributed by atoms with Gasteiger partial charge in [-0.2, -0.15) is 0 Å². The van der Waals surface area contributed by atoms with Gasteiger partial charge in [0.05, 0.1) is 12.6 Å². The van der Waals surface area contributed by atoms with Crippen molar-refractivity contribution in [2.75, 3.05) is 13.1 Å². The van der Waals surface area contributed by atoms with E-state index >= 15 is 0 Å². The van der Waals surface area contributed by atoms with E-state index in [1.807, 2.05) is 0 Å². The number of nitrogens with zero attached hydrogens (tertiary/aromatic N) is 1. The number of aliphatic hydroxyl groups excluding tert-OH is 1. The Morgan fingerprint density at radius 3 is 2.69 bits per heavy atom. The van der Waals surface area contributed by atoms with E-state index in [0.29, 0.717) is 19.4 Å². The molecule has 0 aromatic rings. The van der Waals surface area contributed by atoms with Crippen molar-refractivity contribution in [3.8, 4) is 0 Å². The molecular weight excluding hydrogens is 213 g/mol. The quantitative estimate of drug-likeness (QED) is 0.693. The van der Waals surface area contributed by atoms with Gasteiger partial charge in [-0.25, -0.2) is 9.18 Å². The Morgan fingerprint density at radius 2 is 2.12 bits per heavy atom. The van der Waals surface area contributed by atoms with Crippen molar-refractivity contribution in [2.45, 2.75) is 51.5 Å². The van der Waals surface area contributed by atoms with Crippen LogP contribution in [0.2, 0.25) is 0 Å². The highest BCUT2D eigenvalue weighted by molar-refractivity contribution is 5.68. The lowest BCUT2D eigenvalue weighted by Crippen LogP contribution is -2.41. The maximum atomic E-state index is 13.4.